The Labute approximate surface area is 163 Å². The van der Waals surface area contributed by atoms with Crippen LogP contribution in [-0.4, -0.2) is 33.7 Å². The van der Waals surface area contributed by atoms with E-state index < -0.39 is 0 Å². The fraction of sp³-hybridized carbons (Fsp3) is 0.333. The minimum Gasteiger partial charge on any atom is -0.378 e. The largest absolute Gasteiger partial charge is 0.378 e. The van der Waals surface area contributed by atoms with E-state index in [9.17, 15) is 4.79 Å². The molecule has 0 aliphatic carbocycles. The molecule has 0 saturated carbocycles. The molecule has 1 aromatic carbocycles. The van der Waals surface area contributed by atoms with Crippen LogP contribution in [0.3, 0.4) is 0 Å². The van der Waals surface area contributed by atoms with Gasteiger partial charge < -0.3 is 14.6 Å². The van der Waals surface area contributed by atoms with E-state index in [0.717, 1.165) is 47.5 Å². The number of carbonyl (C=O) groups excluding carboxylic acids is 1. The third kappa shape index (κ3) is 4.26. The normalized spacial score (nSPS) is 16.2. The lowest BCUT2D eigenvalue weighted by atomic mass is 10.0. The molecule has 1 atom stereocenters. The predicted molar refractivity (Wildman–Crippen MR) is 103 cm³/mol. The standard InChI is InChI=1S/C21H22N4O3/c1-14-9-19(28-25-14)18-12-22-13-24-21(18)16-6-4-15(5-7-16)11-23-20(26)10-17-3-2-8-27-17/h4-7,9,12-13,17H,2-3,8,10-11H2,1H3,(H,23,26)/t17-/m1/s1. The first kappa shape index (κ1) is 18.3. The van der Waals surface area contributed by atoms with Crippen LogP contribution in [0.25, 0.3) is 22.6 Å². The van der Waals surface area contributed by atoms with Crippen molar-refractivity contribution in [3.05, 3.63) is 54.1 Å². The number of nitrogens with zero attached hydrogens (tertiary/aromatic N) is 3. The summed E-state index contributed by atoms with van der Waals surface area (Å²) in [7, 11) is 0. The van der Waals surface area contributed by atoms with Crippen molar-refractivity contribution in [3.8, 4) is 22.6 Å². The zero-order chi connectivity index (χ0) is 19.3. The quantitative estimate of drug-likeness (QED) is 0.708. The van der Waals surface area contributed by atoms with Crippen molar-refractivity contribution >= 4 is 5.91 Å². The number of nitrogens with one attached hydrogen (secondary N) is 1. The Balaban J connectivity index is 1.43. The molecule has 0 radical (unpaired) electrons. The van der Waals surface area contributed by atoms with Crippen molar-refractivity contribution < 1.29 is 14.1 Å². The van der Waals surface area contributed by atoms with Crippen LogP contribution in [0.4, 0.5) is 0 Å². The minimum atomic E-state index is 0.0229. The van der Waals surface area contributed by atoms with Crippen LogP contribution in [0.1, 0.15) is 30.5 Å². The summed E-state index contributed by atoms with van der Waals surface area (Å²) in [4.78, 5) is 20.6. The summed E-state index contributed by atoms with van der Waals surface area (Å²) in [6, 6.07) is 9.80. The number of benzene rings is 1. The second-order valence-electron chi connectivity index (χ2n) is 6.93. The molecule has 7 nitrogen and oxygen atoms in total. The fourth-order valence-electron chi connectivity index (χ4n) is 3.30. The molecule has 7 heteroatoms. The minimum absolute atomic E-state index is 0.0229. The summed E-state index contributed by atoms with van der Waals surface area (Å²) in [5.74, 6) is 0.660. The van der Waals surface area contributed by atoms with E-state index in [1.54, 1.807) is 6.20 Å². The van der Waals surface area contributed by atoms with Crippen molar-refractivity contribution in [1.29, 1.82) is 0 Å². The first-order valence-electron chi connectivity index (χ1n) is 9.40. The van der Waals surface area contributed by atoms with Gasteiger partial charge in [-0.15, -0.1) is 0 Å². The van der Waals surface area contributed by atoms with E-state index in [1.165, 1.54) is 6.33 Å². The molecular weight excluding hydrogens is 356 g/mol. The van der Waals surface area contributed by atoms with Crippen molar-refractivity contribution in [2.45, 2.75) is 38.8 Å². The van der Waals surface area contributed by atoms with Crippen LogP contribution in [-0.2, 0) is 16.1 Å². The third-order valence-corrected chi connectivity index (χ3v) is 4.76. The molecule has 1 aliphatic heterocycles. The van der Waals surface area contributed by atoms with Gasteiger partial charge in [0.1, 0.15) is 6.33 Å². The number of aromatic nitrogens is 3. The number of hydrogen-bond donors (Lipinski definition) is 1. The average molecular weight is 378 g/mol. The monoisotopic (exact) mass is 378 g/mol. The lowest BCUT2D eigenvalue weighted by Crippen LogP contribution is -2.26. The summed E-state index contributed by atoms with van der Waals surface area (Å²) < 4.78 is 10.9. The third-order valence-electron chi connectivity index (χ3n) is 4.76. The first-order chi connectivity index (χ1) is 13.7. The zero-order valence-electron chi connectivity index (χ0n) is 15.7. The van der Waals surface area contributed by atoms with Crippen LogP contribution in [0.15, 0.2) is 47.4 Å². The van der Waals surface area contributed by atoms with Gasteiger partial charge in [0.25, 0.3) is 0 Å². The van der Waals surface area contributed by atoms with Crippen molar-refractivity contribution in [1.82, 2.24) is 20.4 Å². The molecule has 0 spiro atoms. The summed E-state index contributed by atoms with van der Waals surface area (Å²) in [6.45, 7) is 3.13. The second kappa shape index (κ2) is 8.31. The topological polar surface area (TPSA) is 90.1 Å². The maximum atomic E-state index is 12.0. The van der Waals surface area contributed by atoms with E-state index >= 15 is 0 Å². The molecule has 0 unspecified atom stereocenters. The van der Waals surface area contributed by atoms with Gasteiger partial charge in [-0.25, -0.2) is 9.97 Å². The SMILES string of the molecule is Cc1cc(-c2cncnc2-c2ccc(CNC(=O)C[C@H]3CCCO3)cc2)on1. The van der Waals surface area contributed by atoms with Gasteiger partial charge in [-0.3, -0.25) is 4.79 Å². The highest BCUT2D eigenvalue weighted by Crippen LogP contribution is 2.30. The Morgan fingerprint density at radius 1 is 1.29 bits per heavy atom. The smallest absolute Gasteiger partial charge is 0.222 e. The molecule has 28 heavy (non-hydrogen) atoms. The lowest BCUT2D eigenvalue weighted by molar-refractivity contribution is -0.123. The summed E-state index contributed by atoms with van der Waals surface area (Å²) in [6.07, 6.45) is 5.74. The number of ether oxygens (including phenoxy) is 1. The molecule has 2 aromatic heterocycles. The molecule has 3 aromatic rings. The molecule has 0 bridgehead atoms. The van der Waals surface area contributed by atoms with Crippen LogP contribution < -0.4 is 5.32 Å². The molecule has 4 rings (SSSR count). The lowest BCUT2D eigenvalue weighted by Gasteiger charge is -2.10. The maximum Gasteiger partial charge on any atom is 0.222 e. The van der Waals surface area contributed by atoms with E-state index in [4.69, 9.17) is 9.26 Å². The molecule has 1 aliphatic rings. The number of rotatable bonds is 6. The summed E-state index contributed by atoms with van der Waals surface area (Å²) >= 11 is 0. The van der Waals surface area contributed by atoms with Gasteiger partial charge >= 0.3 is 0 Å². The number of amides is 1. The Hall–Kier alpha value is -3.06. The molecule has 3 heterocycles. The number of hydrogen-bond acceptors (Lipinski definition) is 6. The molecule has 1 saturated heterocycles. The van der Waals surface area contributed by atoms with Crippen LogP contribution in [0.5, 0.6) is 0 Å². The van der Waals surface area contributed by atoms with Crippen molar-refractivity contribution in [2.24, 2.45) is 0 Å². The maximum absolute atomic E-state index is 12.0. The van der Waals surface area contributed by atoms with Crippen LogP contribution in [0.2, 0.25) is 0 Å². The number of carbonyl (C=O) groups is 1. The molecule has 1 N–H and O–H groups in total. The Kier molecular flexibility index (Phi) is 5.43. The highest BCUT2D eigenvalue weighted by Gasteiger charge is 2.19. The molecule has 1 fully saturated rings. The van der Waals surface area contributed by atoms with Gasteiger partial charge in [-0.05, 0) is 25.3 Å². The summed E-state index contributed by atoms with van der Waals surface area (Å²) in [5, 5.41) is 6.90. The van der Waals surface area contributed by atoms with Crippen LogP contribution >= 0.6 is 0 Å². The van der Waals surface area contributed by atoms with E-state index in [-0.39, 0.29) is 12.0 Å². The predicted octanol–water partition coefficient (Wildman–Crippen LogP) is 3.29. The van der Waals surface area contributed by atoms with Gasteiger partial charge in [0.15, 0.2) is 5.76 Å². The van der Waals surface area contributed by atoms with Gasteiger partial charge in [0.05, 0.1) is 29.5 Å². The Morgan fingerprint density at radius 2 is 2.14 bits per heavy atom. The zero-order valence-corrected chi connectivity index (χ0v) is 15.7. The number of aryl methyl sites for hydroxylation is 1. The highest BCUT2D eigenvalue weighted by molar-refractivity contribution is 5.78. The van der Waals surface area contributed by atoms with Gasteiger partial charge in [-0.2, -0.15) is 0 Å². The second-order valence-corrected chi connectivity index (χ2v) is 6.93. The van der Waals surface area contributed by atoms with Crippen molar-refractivity contribution in [2.75, 3.05) is 6.61 Å². The van der Waals surface area contributed by atoms with Gasteiger partial charge in [-0.1, -0.05) is 29.4 Å². The summed E-state index contributed by atoms with van der Waals surface area (Å²) in [5.41, 5.74) is 4.34. The fourth-order valence-corrected chi connectivity index (χ4v) is 3.30. The van der Waals surface area contributed by atoms with E-state index in [1.807, 2.05) is 37.3 Å². The molecular formula is C21H22N4O3. The Bertz CT molecular complexity index is 946. The molecule has 1 amide bonds. The van der Waals surface area contributed by atoms with Crippen LogP contribution in [0, 0.1) is 6.92 Å². The van der Waals surface area contributed by atoms with Crippen molar-refractivity contribution in [3.63, 3.8) is 0 Å². The molecule has 144 valence electrons. The van der Waals surface area contributed by atoms with E-state index in [2.05, 4.69) is 20.4 Å². The van der Waals surface area contributed by atoms with Gasteiger partial charge in [0, 0.05) is 31.0 Å². The average Bonchev–Trinajstić information content (AvgIpc) is 3.38. The Morgan fingerprint density at radius 3 is 2.86 bits per heavy atom. The highest BCUT2D eigenvalue weighted by atomic mass is 16.5. The van der Waals surface area contributed by atoms with Gasteiger partial charge in [0.2, 0.25) is 5.91 Å². The van der Waals surface area contributed by atoms with E-state index in [0.29, 0.717) is 18.7 Å². The first-order valence-corrected chi connectivity index (χ1v) is 9.40.